The van der Waals surface area contributed by atoms with Crippen LogP contribution >= 0.6 is 0 Å². The fourth-order valence-electron chi connectivity index (χ4n) is 1.30. The maximum Gasteiger partial charge on any atom is 0.230 e. The van der Waals surface area contributed by atoms with Crippen molar-refractivity contribution in [2.45, 2.75) is 25.3 Å². The molecule has 1 fully saturated rings. The Hall–Kier alpha value is -0.900. The third kappa shape index (κ3) is 1.82. The summed E-state index contributed by atoms with van der Waals surface area (Å²) in [4.78, 5) is 23.6. The summed E-state index contributed by atoms with van der Waals surface area (Å²) in [6.07, 6.45) is 1.65. The molecule has 1 N–H and O–H groups in total. The van der Waals surface area contributed by atoms with E-state index < -0.39 is 0 Å². The average molecular weight is 170 g/mol. The van der Waals surface area contributed by atoms with Crippen LogP contribution < -0.4 is 5.32 Å². The van der Waals surface area contributed by atoms with E-state index in [1.165, 1.54) is 4.90 Å². The summed E-state index contributed by atoms with van der Waals surface area (Å²) >= 11 is 0. The Labute approximate surface area is 71.9 Å². The number of hydrogen-bond donors (Lipinski definition) is 1. The van der Waals surface area contributed by atoms with Gasteiger partial charge < -0.3 is 5.32 Å². The summed E-state index contributed by atoms with van der Waals surface area (Å²) in [5, 5.41) is 3.02. The number of imide groups is 1. The zero-order chi connectivity index (χ0) is 9.14. The van der Waals surface area contributed by atoms with Crippen LogP contribution in [0.1, 0.15) is 19.3 Å². The molecule has 68 valence electrons. The first-order valence-corrected chi connectivity index (χ1v) is 4.11. The highest BCUT2D eigenvalue weighted by Gasteiger charge is 2.25. The lowest BCUT2D eigenvalue weighted by Gasteiger charge is -2.12. The van der Waals surface area contributed by atoms with E-state index in [9.17, 15) is 9.59 Å². The monoisotopic (exact) mass is 170 g/mol. The Bertz CT molecular complexity index is 203. The third-order valence-corrected chi connectivity index (χ3v) is 2.28. The second-order valence-corrected chi connectivity index (χ2v) is 3.07. The number of nitrogens with zero attached hydrogens (tertiary/aromatic N) is 1. The Morgan fingerprint density at radius 3 is 2.67 bits per heavy atom. The van der Waals surface area contributed by atoms with Crippen molar-refractivity contribution in [2.24, 2.45) is 0 Å². The van der Waals surface area contributed by atoms with Crippen LogP contribution in [0.5, 0.6) is 0 Å². The number of amides is 2. The molecule has 0 aromatic heterocycles. The van der Waals surface area contributed by atoms with Crippen LogP contribution in [0.15, 0.2) is 0 Å². The SMILES string of the molecule is CNC1CCC(=O)N(C)C(=O)C1. The van der Waals surface area contributed by atoms with Gasteiger partial charge in [0.05, 0.1) is 0 Å². The van der Waals surface area contributed by atoms with Crippen molar-refractivity contribution in [1.82, 2.24) is 10.2 Å². The second kappa shape index (κ2) is 3.67. The molecule has 2 amide bonds. The van der Waals surface area contributed by atoms with Gasteiger partial charge in [0.1, 0.15) is 0 Å². The van der Waals surface area contributed by atoms with Crippen molar-refractivity contribution in [3.63, 3.8) is 0 Å². The summed E-state index contributed by atoms with van der Waals surface area (Å²) in [5.41, 5.74) is 0. The third-order valence-electron chi connectivity index (χ3n) is 2.28. The fraction of sp³-hybridized carbons (Fsp3) is 0.750. The molecule has 1 aliphatic heterocycles. The van der Waals surface area contributed by atoms with Gasteiger partial charge in [0.2, 0.25) is 11.8 Å². The molecule has 1 heterocycles. The highest BCUT2D eigenvalue weighted by Crippen LogP contribution is 2.11. The summed E-state index contributed by atoms with van der Waals surface area (Å²) in [6.45, 7) is 0. The first-order valence-electron chi connectivity index (χ1n) is 4.11. The Balaban J connectivity index is 2.65. The molecule has 12 heavy (non-hydrogen) atoms. The van der Waals surface area contributed by atoms with Crippen molar-refractivity contribution in [3.05, 3.63) is 0 Å². The van der Waals surface area contributed by atoms with Gasteiger partial charge in [-0.25, -0.2) is 0 Å². The van der Waals surface area contributed by atoms with E-state index in [0.717, 1.165) is 6.42 Å². The Kier molecular flexibility index (Phi) is 2.81. The summed E-state index contributed by atoms with van der Waals surface area (Å²) in [5.74, 6) is -0.158. The molecule has 1 unspecified atom stereocenters. The molecule has 1 rings (SSSR count). The zero-order valence-electron chi connectivity index (χ0n) is 7.46. The van der Waals surface area contributed by atoms with E-state index in [-0.39, 0.29) is 17.9 Å². The molecule has 0 radical (unpaired) electrons. The highest BCUT2D eigenvalue weighted by molar-refractivity contribution is 5.96. The standard InChI is InChI=1S/C8H14N2O2/c1-9-6-3-4-7(11)10(2)8(12)5-6/h6,9H,3-5H2,1-2H3. The molecule has 1 atom stereocenters. The summed E-state index contributed by atoms with van der Waals surface area (Å²) in [6, 6.07) is 0.159. The Morgan fingerprint density at radius 2 is 2.08 bits per heavy atom. The van der Waals surface area contributed by atoms with E-state index >= 15 is 0 Å². The summed E-state index contributed by atoms with van der Waals surface area (Å²) < 4.78 is 0. The van der Waals surface area contributed by atoms with E-state index in [4.69, 9.17) is 0 Å². The molecule has 1 aliphatic rings. The molecule has 0 spiro atoms. The number of carbonyl (C=O) groups is 2. The predicted molar refractivity (Wildman–Crippen MR) is 44.5 cm³/mol. The molecule has 0 bridgehead atoms. The Morgan fingerprint density at radius 1 is 1.42 bits per heavy atom. The molecule has 0 aliphatic carbocycles. The van der Waals surface area contributed by atoms with Crippen LogP contribution in [0.4, 0.5) is 0 Å². The number of likely N-dealkylation sites (tertiary alicyclic amines) is 1. The van der Waals surface area contributed by atoms with Gasteiger partial charge in [0.15, 0.2) is 0 Å². The van der Waals surface area contributed by atoms with Crippen LogP contribution in [0.2, 0.25) is 0 Å². The minimum absolute atomic E-state index is 0.0715. The maximum atomic E-state index is 11.3. The normalized spacial score (nSPS) is 25.8. The fourth-order valence-corrected chi connectivity index (χ4v) is 1.30. The molecular formula is C8H14N2O2. The van der Waals surface area contributed by atoms with Crippen molar-refractivity contribution in [1.29, 1.82) is 0 Å². The van der Waals surface area contributed by atoms with E-state index in [2.05, 4.69) is 5.32 Å². The second-order valence-electron chi connectivity index (χ2n) is 3.07. The van der Waals surface area contributed by atoms with Gasteiger partial charge in [-0.3, -0.25) is 14.5 Å². The minimum atomic E-state index is -0.0862. The van der Waals surface area contributed by atoms with Crippen molar-refractivity contribution < 1.29 is 9.59 Å². The van der Waals surface area contributed by atoms with Gasteiger partial charge in [-0.2, -0.15) is 0 Å². The quantitative estimate of drug-likeness (QED) is 0.552. The van der Waals surface area contributed by atoms with Gasteiger partial charge in [-0.15, -0.1) is 0 Å². The van der Waals surface area contributed by atoms with Gasteiger partial charge >= 0.3 is 0 Å². The lowest BCUT2D eigenvalue weighted by molar-refractivity contribution is -0.142. The molecular weight excluding hydrogens is 156 g/mol. The van der Waals surface area contributed by atoms with Crippen LogP contribution in [0.25, 0.3) is 0 Å². The largest absolute Gasteiger partial charge is 0.316 e. The highest BCUT2D eigenvalue weighted by atomic mass is 16.2. The van der Waals surface area contributed by atoms with Crippen molar-refractivity contribution in [2.75, 3.05) is 14.1 Å². The van der Waals surface area contributed by atoms with E-state index in [1.807, 2.05) is 7.05 Å². The number of hydrogen-bond acceptors (Lipinski definition) is 3. The lowest BCUT2D eigenvalue weighted by Crippen LogP contribution is -2.33. The molecule has 0 saturated carbocycles. The zero-order valence-corrected chi connectivity index (χ0v) is 7.46. The van der Waals surface area contributed by atoms with Gasteiger partial charge in [0.25, 0.3) is 0 Å². The number of carbonyl (C=O) groups excluding carboxylic acids is 2. The maximum absolute atomic E-state index is 11.3. The predicted octanol–water partition coefficient (Wildman–Crippen LogP) is -0.257. The number of nitrogens with one attached hydrogen (secondary N) is 1. The molecule has 0 aromatic rings. The van der Waals surface area contributed by atoms with E-state index in [1.54, 1.807) is 7.05 Å². The van der Waals surface area contributed by atoms with Crippen LogP contribution in [0, 0.1) is 0 Å². The van der Waals surface area contributed by atoms with Crippen LogP contribution in [-0.4, -0.2) is 36.9 Å². The van der Waals surface area contributed by atoms with Gasteiger partial charge in [0, 0.05) is 25.9 Å². The number of rotatable bonds is 1. The topological polar surface area (TPSA) is 49.4 Å². The molecule has 0 aromatic carbocycles. The molecule has 4 heteroatoms. The lowest BCUT2D eigenvalue weighted by atomic mass is 10.1. The first kappa shape index (κ1) is 9.19. The smallest absolute Gasteiger partial charge is 0.230 e. The molecule has 4 nitrogen and oxygen atoms in total. The minimum Gasteiger partial charge on any atom is -0.316 e. The van der Waals surface area contributed by atoms with Crippen LogP contribution in [0.3, 0.4) is 0 Å². The van der Waals surface area contributed by atoms with Gasteiger partial charge in [-0.05, 0) is 13.5 Å². The van der Waals surface area contributed by atoms with E-state index in [0.29, 0.717) is 12.8 Å². The first-order chi connectivity index (χ1) is 5.65. The van der Waals surface area contributed by atoms with Crippen LogP contribution in [-0.2, 0) is 9.59 Å². The summed E-state index contributed by atoms with van der Waals surface area (Å²) in [7, 11) is 3.36. The molecule has 1 saturated heterocycles. The van der Waals surface area contributed by atoms with Gasteiger partial charge in [-0.1, -0.05) is 0 Å². The average Bonchev–Trinajstić information content (AvgIpc) is 2.19. The van der Waals surface area contributed by atoms with Crippen molar-refractivity contribution >= 4 is 11.8 Å². The van der Waals surface area contributed by atoms with Crippen molar-refractivity contribution in [3.8, 4) is 0 Å².